The standard InChI is InChI=1S/C16H13FN2O/c1-10-2-3-13(17)16(8-10)20-15-5-4-14(18)11-6-7-19-9-12(11)15/h2-9H,18H2,1H3. The number of hydrogen-bond acceptors (Lipinski definition) is 3. The first-order valence-electron chi connectivity index (χ1n) is 6.21. The van der Waals surface area contributed by atoms with E-state index in [2.05, 4.69) is 4.98 Å². The summed E-state index contributed by atoms with van der Waals surface area (Å²) in [7, 11) is 0. The van der Waals surface area contributed by atoms with Gasteiger partial charge in [-0.2, -0.15) is 0 Å². The SMILES string of the molecule is Cc1ccc(F)c(Oc2ccc(N)c3ccncc23)c1. The van der Waals surface area contributed by atoms with E-state index in [9.17, 15) is 4.39 Å². The number of fused-ring (bicyclic) bond motifs is 1. The summed E-state index contributed by atoms with van der Waals surface area (Å²) < 4.78 is 19.5. The summed E-state index contributed by atoms with van der Waals surface area (Å²) in [5.74, 6) is 0.330. The van der Waals surface area contributed by atoms with Crippen molar-refractivity contribution in [1.29, 1.82) is 0 Å². The summed E-state index contributed by atoms with van der Waals surface area (Å²) in [6.45, 7) is 1.88. The number of hydrogen-bond donors (Lipinski definition) is 1. The van der Waals surface area contributed by atoms with Crippen molar-refractivity contribution in [2.75, 3.05) is 5.73 Å². The molecule has 0 unspecified atom stereocenters. The third-order valence-electron chi connectivity index (χ3n) is 3.12. The molecule has 0 saturated heterocycles. The van der Waals surface area contributed by atoms with Gasteiger partial charge < -0.3 is 10.5 Å². The van der Waals surface area contributed by atoms with Gasteiger partial charge in [0.05, 0.1) is 0 Å². The molecule has 0 atom stereocenters. The maximum absolute atomic E-state index is 13.8. The van der Waals surface area contributed by atoms with Crippen LogP contribution in [0.5, 0.6) is 11.5 Å². The zero-order chi connectivity index (χ0) is 14.1. The van der Waals surface area contributed by atoms with Gasteiger partial charge in [0.2, 0.25) is 0 Å². The van der Waals surface area contributed by atoms with Gasteiger partial charge in [-0.3, -0.25) is 4.98 Å². The van der Waals surface area contributed by atoms with Crippen LogP contribution in [0.3, 0.4) is 0 Å². The molecule has 0 radical (unpaired) electrons. The maximum atomic E-state index is 13.8. The van der Waals surface area contributed by atoms with Crippen LogP contribution in [0.15, 0.2) is 48.8 Å². The van der Waals surface area contributed by atoms with Crippen molar-refractivity contribution in [2.45, 2.75) is 6.92 Å². The molecule has 20 heavy (non-hydrogen) atoms. The molecular weight excluding hydrogens is 255 g/mol. The van der Waals surface area contributed by atoms with Crippen LogP contribution in [0.25, 0.3) is 10.8 Å². The second kappa shape index (κ2) is 4.81. The Morgan fingerprint density at radius 3 is 2.75 bits per heavy atom. The average Bonchev–Trinajstić information content (AvgIpc) is 2.46. The number of rotatable bonds is 2. The molecule has 3 rings (SSSR count). The number of pyridine rings is 1. The van der Waals surface area contributed by atoms with Crippen LogP contribution >= 0.6 is 0 Å². The number of aromatic nitrogens is 1. The number of nitrogens with two attached hydrogens (primary N) is 1. The topological polar surface area (TPSA) is 48.1 Å². The van der Waals surface area contributed by atoms with Gasteiger partial charge in [0.15, 0.2) is 11.6 Å². The van der Waals surface area contributed by atoms with Gasteiger partial charge >= 0.3 is 0 Å². The van der Waals surface area contributed by atoms with E-state index >= 15 is 0 Å². The zero-order valence-electron chi connectivity index (χ0n) is 10.9. The van der Waals surface area contributed by atoms with Gasteiger partial charge in [-0.25, -0.2) is 4.39 Å². The lowest BCUT2D eigenvalue weighted by atomic mass is 10.1. The molecule has 1 aromatic heterocycles. The van der Waals surface area contributed by atoms with Gasteiger partial charge in [-0.15, -0.1) is 0 Å². The Kier molecular flexibility index (Phi) is 2.99. The second-order valence-corrected chi connectivity index (χ2v) is 4.61. The summed E-state index contributed by atoms with van der Waals surface area (Å²) in [4.78, 5) is 4.07. The highest BCUT2D eigenvalue weighted by molar-refractivity contribution is 5.96. The summed E-state index contributed by atoms with van der Waals surface area (Å²) in [6, 6.07) is 10.0. The number of benzene rings is 2. The minimum Gasteiger partial charge on any atom is -0.454 e. The molecule has 0 aliphatic carbocycles. The van der Waals surface area contributed by atoms with E-state index in [1.54, 1.807) is 36.7 Å². The highest BCUT2D eigenvalue weighted by Gasteiger charge is 2.09. The van der Waals surface area contributed by atoms with Crippen molar-refractivity contribution < 1.29 is 9.13 Å². The number of anilines is 1. The minimum absolute atomic E-state index is 0.194. The first-order valence-corrected chi connectivity index (χ1v) is 6.21. The van der Waals surface area contributed by atoms with Crippen molar-refractivity contribution in [3.8, 4) is 11.5 Å². The Balaban J connectivity index is 2.11. The van der Waals surface area contributed by atoms with Crippen LogP contribution in [0.2, 0.25) is 0 Å². The van der Waals surface area contributed by atoms with E-state index in [0.29, 0.717) is 11.4 Å². The lowest BCUT2D eigenvalue weighted by Gasteiger charge is -2.11. The Morgan fingerprint density at radius 1 is 1.05 bits per heavy atom. The molecule has 3 nitrogen and oxygen atoms in total. The van der Waals surface area contributed by atoms with E-state index in [-0.39, 0.29) is 5.75 Å². The van der Waals surface area contributed by atoms with E-state index in [1.807, 2.05) is 13.0 Å². The van der Waals surface area contributed by atoms with Crippen molar-refractivity contribution >= 4 is 16.5 Å². The minimum atomic E-state index is -0.399. The molecule has 2 aromatic carbocycles. The zero-order valence-corrected chi connectivity index (χ0v) is 10.9. The second-order valence-electron chi connectivity index (χ2n) is 4.61. The van der Waals surface area contributed by atoms with Crippen molar-refractivity contribution in [2.24, 2.45) is 0 Å². The van der Waals surface area contributed by atoms with Crippen LogP contribution in [-0.4, -0.2) is 4.98 Å². The predicted octanol–water partition coefficient (Wildman–Crippen LogP) is 4.06. The quantitative estimate of drug-likeness (QED) is 0.713. The molecule has 4 heteroatoms. The molecule has 0 spiro atoms. The number of ether oxygens (including phenoxy) is 1. The van der Waals surface area contributed by atoms with Gasteiger partial charge in [0.1, 0.15) is 5.75 Å². The van der Waals surface area contributed by atoms with Crippen LogP contribution in [0.4, 0.5) is 10.1 Å². The van der Waals surface area contributed by atoms with Crippen LogP contribution < -0.4 is 10.5 Å². The lowest BCUT2D eigenvalue weighted by Crippen LogP contribution is -1.93. The van der Waals surface area contributed by atoms with E-state index in [0.717, 1.165) is 16.3 Å². The third kappa shape index (κ3) is 2.16. The molecule has 0 saturated carbocycles. The van der Waals surface area contributed by atoms with Crippen LogP contribution in [0.1, 0.15) is 5.56 Å². The summed E-state index contributed by atoms with van der Waals surface area (Å²) in [5.41, 5.74) is 7.48. The number of nitrogens with zero attached hydrogens (tertiary/aromatic N) is 1. The van der Waals surface area contributed by atoms with E-state index < -0.39 is 5.82 Å². The first-order chi connectivity index (χ1) is 9.65. The average molecular weight is 268 g/mol. The maximum Gasteiger partial charge on any atom is 0.165 e. The van der Waals surface area contributed by atoms with Gasteiger partial charge in [0, 0.05) is 28.9 Å². The monoisotopic (exact) mass is 268 g/mol. The van der Waals surface area contributed by atoms with Crippen LogP contribution in [0, 0.1) is 12.7 Å². The summed E-state index contributed by atoms with van der Waals surface area (Å²) in [6.07, 6.45) is 3.32. The Hall–Kier alpha value is -2.62. The molecule has 0 aliphatic rings. The van der Waals surface area contributed by atoms with E-state index in [1.165, 1.54) is 6.07 Å². The molecule has 0 fully saturated rings. The Bertz CT molecular complexity index is 787. The van der Waals surface area contributed by atoms with Crippen molar-refractivity contribution in [3.05, 3.63) is 60.2 Å². The van der Waals surface area contributed by atoms with E-state index in [4.69, 9.17) is 10.5 Å². The van der Waals surface area contributed by atoms with Gasteiger partial charge in [0.25, 0.3) is 0 Å². The number of halogens is 1. The van der Waals surface area contributed by atoms with Crippen molar-refractivity contribution in [1.82, 2.24) is 4.98 Å². The summed E-state index contributed by atoms with van der Waals surface area (Å²) >= 11 is 0. The molecule has 100 valence electrons. The highest BCUT2D eigenvalue weighted by Crippen LogP contribution is 2.33. The molecule has 0 aliphatic heterocycles. The first kappa shape index (κ1) is 12.4. The molecular formula is C16H13FN2O. The molecule has 0 bridgehead atoms. The Morgan fingerprint density at radius 2 is 1.90 bits per heavy atom. The fraction of sp³-hybridized carbons (Fsp3) is 0.0625. The molecule has 1 heterocycles. The van der Waals surface area contributed by atoms with Gasteiger partial charge in [-0.05, 0) is 42.8 Å². The van der Waals surface area contributed by atoms with Crippen molar-refractivity contribution in [3.63, 3.8) is 0 Å². The fourth-order valence-corrected chi connectivity index (χ4v) is 2.08. The fourth-order valence-electron chi connectivity index (χ4n) is 2.08. The molecule has 3 aromatic rings. The highest BCUT2D eigenvalue weighted by atomic mass is 19.1. The summed E-state index contributed by atoms with van der Waals surface area (Å²) in [5, 5.41) is 1.60. The number of aryl methyl sites for hydroxylation is 1. The predicted molar refractivity (Wildman–Crippen MR) is 77.4 cm³/mol. The normalized spacial score (nSPS) is 10.7. The smallest absolute Gasteiger partial charge is 0.165 e. The lowest BCUT2D eigenvalue weighted by molar-refractivity contribution is 0.446. The van der Waals surface area contributed by atoms with Crippen LogP contribution in [-0.2, 0) is 0 Å². The van der Waals surface area contributed by atoms with Gasteiger partial charge in [-0.1, -0.05) is 6.07 Å². The molecule has 2 N–H and O–H groups in total. The largest absolute Gasteiger partial charge is 0.454 e. The number of nitrogen functional groups attached to an aromatic ring is 1. The molecule has 0 amide bonds. The Labute approximate surface area is 115 Å². The third-order valence-corrected chi connectivity index (χ3v) is 3.12.